The maximum absolute atomic E-state index is 13.4. The second-order valence-corrected chi connectivity index (χ2v) is 4.19. The molecule has 2 aromatic carbocycles. The van der Waals surface area contributed by atoms with E-state index in [1.807, 2.05) is 31.2 Å². The van der Waals surface area contributed by atoms with Crippen LogP contribution in [0.2, 0.25) is 0 Å². The van der Waals surface area contributed by atoms with E-state index in [9.17, 15) is 4.39 Å². The van der Waals surface area contributed by atoms with Crippen molar-refractivity contribution in [1.82, 2.24) is 0 Å². The van der Waals surface area contributed by atoms with Crippen LogP contribution in [0.1, 0.15) is 5.56 Å². The fraction of sp³-hybridized carbons (Fsp3) is 0.0769. The molecule has 3 heteroatoms. The molecule has 0 aliphatic heterocycles. The van der Waals surface area contributed by atoms with Gasteiger partial charge in [0.15, 0.2) is 0 Å². The van der Waals surface area contributed by atoms with Gasteiger partial charge in [-0.15, -0.1) is 12.6 Å². The van der Waals surface area contributed by atoms with E-state index in [0.717, 1.165) is 16.7 Å². The van der Waals surface area contributed by atoms with Gasteiger partial charge in [0, 0.05) is 4.90 Å². The first kappa shape index (κ1) is 11.0. The van der Waals surface area contributed by atoms with E-state index in [-0.39, 0.29) is 5.69 Å². The summed E-state index contributed by atoms with van der Waals surface area (Å²) in [5.74, 6) is -0.406. The van der Waals surface area contributed by atoms with Crippen molar-refractivity contribution in [2.24, 2.45) is 0 Å². The minimum atomic E-state index is -0.406. The van der Waals surface area contributed by atoms with Crippen molar-refractivity contribution in [3.8, 4) is 11.1 Å². The van der Waals surface area contributed by atoms with Crippen LogP contribution in [0.5, 0.6) is 0 Å². The molecule has 0 saturated heterocycles. The van der Waals surface area contributed by atoms with Gasteiger partial charge in [-0.05, 0) is 35.7 Å². The Morgan fingerprint density at radius 3 is 2.50 bits per heavy atom. The van der Waals surface area contributed by atoms with Crippen LogP contribution >= 0.6 is 12.6 Å². The van der Waals surface area contributed by atoms with Crippen LogP contribution in [0.25, 0.3) is 11.1 Å². The van der Waals surface area contributed by atoms with Gasteiger partial charge in [0.25, 0.3) is 0 Å². The predicted octanol–water partition coefficient (Wildman–Crippen LogP) is 3.67. The second-order valence-electron chi connectivity index (χ2n) is 3.71. The molecule has 1 nitrogen and oxygen atoms in total. The van der Waals surface area contributed by atoms with Crippen LogP contribution in [0.3, 0.4) is 0 Å². The first-order chi connectivity index (χ1) is 7.59. The van der Waals surface area contributed by atoms with E-state index < -0.39 is 5.82 Å². The van der Waals surface area contributed by atoms with E-state index in [2.05, 4.69) is 12.6 Å². The minimum absolute atomic E-state index is 0.127. The Morgan fingerprint density at radius 2 is 1.81 bits per heavy atom. The Labute approximate surface area is 99.5 Å². The third-order valence-electron chi connectivity index (χ3n) is 2.55. The summed E-state index contributed by atoms with van der Waals surface area (Å²) in [6.45, 7) is 1.98. The molecule has 82 valence electrons. The number of halogens is 1. The van der Waals surface area contributed by atoms with Crippen molar-refractivity contribution >= 4 is 18.3 Å². The van der Waals surface area contributed by atoms with E-state index in [4.69, 9.17) is 5.73 Å². The van der Waals surface area contributed by atoms with Crippen molar-refractivity contribution in [3.05, 3.63) is 47.8 Å². The molecule has 0 amide bonds. The average Bonchev–Trinajstić information content (AvgIpc) is 2.25. The smallest absolute Gasteiger partial charge is 0.146 e. The third-order valence-corrected chi connectivity index (χ3v) is 2.92. The van der Waals surface area contributed by atoms with Gasteiger partial charge < -0.3 is 5.73 Å². The highest BCUT2D eigenvalue weighted by molar-refractivity contribution is 7.80. The highest BCUT2D eigenvalue weighted by Gasteiger charge is 2.09. The molecule has 2 rings (SSSR count). The highest BCUT2D eigenvalue weighted by atomic mass is 32.1. The summed E-state index contributed by atoms with van der Waals surface area (Å²) in [7, 11) is 0. The topological polar surface area (TPSA) is 26.0 Å². The van der Waals surface area contributed by atoms with E-state index in [1.165, 1.54) is 6.07 Å². The lowest BCUT2D eigenvalue weighted by molar-refractivity contribution is 0.632. The molecule has 0 aliphatic rings. The second kappa shape index (κ2) is 4.18. The van der Waals surface area contributed by atoms with Crippen LogP contribution in [0.4, 0.5) is 10.1 Å². The first-order valence-electron chi connectivity index (χ1n) is 4.93. The lowest BCUT2D eigenvalue weighted by Crippen LogP contribution is -1.93. The zero-order valence-electron chi connectivity index (χ0n) is 8.87. The molecule has 0 heterocycles. The summed E-state index contributed by atoms with van der Waals surface area (Å²) in [5.41, 5.74) is 8.44. The SMILES string of the molecule is Cc1ccccc1-c1cc(F)c(N)cc1S. The van der Waals surface area contributed by atoms with E-state index >= 15 is 0 Å². The van der Waals surface area contributed by atoms with E-state index in [1.54, 1.807) is 6.07 Å². The largest absolute Gasteiger partial charge is 0.396 e. The van der Waals surface area contributed by atoms with E-state index in [0.29, 0.717) is 4.90 Å². The number of thiol groups is 1. The van der Waals surface area contributed by atoms with Crippen molar-refractivity contribution in [2.75, 3.05) is 5.73 Å². The third kappa shape index (κ3) is 1.91. The van der Waals surface area contributed by atoms with Crippen LogP contribution in [0.15, 0.2) is 41.3 Å². The lowest BCUT2D eigenvalue weighted by atomic mass is 10.0. The zero-order chi connectivity index (χ0) is 11.7. The number of aryl methyl sites for hydroxylation is 1. The quantitative estimate of drug-likeness (QED) is 0.570. The normalized spacial score (nSPS) is 10.4. The Kier molecular flexibility index (Phi) is 2.88. The molecule has 0 aliphatic carbocycles. The fourth-order valence-corrected chi connectivity index (χ4v) is 1.99. The molecule has 0 saturated carbocycles. The molecule has 0 aromatic heterocycles. The predicted molar refractivity (Wildman–Crippen MR) is 68.2 cm³/mol. The van der Waals surface area contributed by atoms with Crippen LogP contribution in [-0.4, -0.2) is 0 Å². The van der Waals surface area contributed by atoms with Gasteiger partial charge >= 0.3 is 0 Å². The summed E-state index contributed by atoms with van der Waals surface area (Å²) < 4.78 is 13.4. The summed E-state index contributed by atoms with van der Waals surface area (Å²) in [4.78, 5) is 0.688. The van der Waals surface area contributed by atoms with Crippen LogP contribution in [-0.2, 0) is 0 Å². The number of benzene rings is 2. The van der Waals surface area contributed by atoms with Gasteiger partial charge in [0.2, 0.25) is 0 Å². The van der Waals surface area contributed by atoms with Gasteiger partial charge in [-0.25, -0.2) is 4.39 Å². The Morgan fingerprint density at radius 1 is 1.12 bits per heavy atom. The van der Waals surface area contributed by atoms with Gasteiger partial charge in [0.05, 0.1) is 5.69 Å². The molecule has 0 atom stereocenters. The molecular weight excluding hydrogens is 221 g/mol. The van der Waals surface area contributed by atoms with Gasteiger partial charge in [-0.2, -0.15) is 0 Å². The lowest BCUT2D eigenvalue weighted by Gasteiger charge is -2.10. The van der Waals surface area contributed by atoms with Crippen molar-refractivity contribution < 1.29 is 4.39 Å². The van der Waals surface area contributed by atoms with Gasteiger partial charge in [-0.1, -0.05) is 24.3 Å². The van der Waals surface area contributed by atoms with Gasteiger partial charge in [0.1, 0.15) is 5.82 Å². The maximum Gasteiger partial charge on any atom is 0.146 e. The molecule has 0 bridgehead atoms. The monoisotopic (exact) mass is 233 g/mol. The van der Waals surface area contributed by atoms with Crippen LogP contribution in [0, 0.1) is 12.7 Å². The highest BCUT2D eigenvalue weighted by Crippen LogP contribution is 2.31. The van der Waals surface area contributed by atoms with Crippen molar-refractivity contribution in [3.63, 3.8) is 0 Å². The van der Waals surface area contributed by atoms with Crippen molar-refractivity contribution in [2.45, 2.75) is 11.8 Å². The molecule has 0 spiro atoms. The molecule has 16 heavy (non-hydrogen) atoms. The Bertz CT molecular complexity index is 537. The number of hydrogen-bond acceptors (Lipinski definition) is 2. The standard InChI is InChI=1S/C13H12FNS/c1-8-4-2-3-5-9(8)10-6-11(14)12(15)7-13(10)16/h2-7,16H,15H2,1H3. The fourth-order valence-electron chi connectivity index (χ4n) is 1.67. The zero-order valence-corrected chi connectivity index (χ0v) is 9.76. The Hall–Kier alpha value is -1.48. The Balaban J connectivity index is 2.65. The number of rotatable bonds is 1. The first-order valence-corrected chi connectivity index (χ1v) is 5.38. The maximum atomic E-state index is 13.4. The molecule has 0 radical (unpaired) electrons. The summed E-state index contributed by atoms with van der Waals surface area (Å²) in [6, 6.07) is 10.8. The number of nitrogens with two attached hydrogens (primary N) is 1. The van der Waals surface area contributed by atoms with Gasteiger partial charge in [-0.3, -0.25) is 0 Å². The summed E-state index contributed by atoms with van der Waals surface area (Å²) in [5, 5.41) is 0. The van der Waals surface area contributed by atoms with Crippen LogP contribution < -0.4 is 5.73 Å². The number of hydrogen-bond donors (Lipinski definition) is 2. The molecule has 2 N–H and O–H groups in total. The number of nitrogen functional groups attached to an aromatic ring is 1. The number of anilines is 1. The molecule has 0 fully saturated rings. The summed E-state index contributed by atoms with van der Waals surface area (Å²) in [6.07, 6.45) is 0. The average molecular weight is 233 g/mol. The van der Waals surface area contributed by atoms with Crippen molar-refractivity contribution in [1.29, 1.82) is 0 Å². The molecule has 0 unspecified atom stereocenters. The summed E-state index contributed by atoms with van der Waals surface area (Å²) >= 11 is 4.33. The molecule has 2 aromatic rings. The minimum Gasteiger partial charge on any atom is -0.396 e. The molecular formula is C13H12FNS.